The second kappa shape index (κ2) is 8.08. The number of benzene rings is 2. The lowest BCUT2D eigenvalue weighted by Crippen LogP contribution is -2.24. The van der Waals surface area contributed by atoms with Crippen molar-refractivity contribution in [3.63, 3.8) is 0 Å². The number of hydrogen-bond donors (Lipinski definition) is 1. The molecule has 1 N–H and O–H groups in total. The number of rotatable bonds is 7. The summed E-state index contributed by atoms with van der Waals surface area (Å²) in [6.07, 6.45) is 0.322. The van der Waals surface area contributed by atoms with E-state index in [-0.39, 0.29) is 5.91 Å². The molecule has 0 aliphatic rings. The zero-order chi connectivity index (χ0) is 15.8. The number of ether oxygens (including phenoxy) is 2. The molecule has 4 nitrogen and oxygen atoms in total. The van der Waals surface area contributed by atoms with Crippen molar-refractivity contribution in [1.29, 1.82) is 0 Å². The predicted octanol–water partition coefficient (Wildman–Crippen LogP) is 3.09. The minimum Gasteiger partial charge on any atom is -0.496 e. The van der Waals surface area contributed by atoms with Crippen LogP contribution in [-0.2, 0) is 11.3 Å². The zero-order valence-electron chi connectivity index (χ0n) is 13.0. The second-order valence-electron chi connectivity index (χ2n) is 5.00. The van der Waals surface area contributed by atoms with Gasteiger partial charge in [-0.05, 0) is 25.1 Å². The van der Waals surface area contributed by atoms with Gasteiger partial charge in [-0.25, -0.2) is 0 Å². The molecule has 0 bridgehead atoms. The Labute approximate surface area is 131 Å². The molecular formula is C18H21NO3. The molecule has 0 aliphatic carbocycles. The lowest BCUT2D eigenvalue weighted by atomic mass is 10.2. The third-order valence-corrected chi connectivity index (χ3v) is 3.29. The minimum atomic E-state index is -0.0435. The maximum Gasteiger partial charge on any atom is 0.223 e. The van der Waals surface area contributed by atoms with Crippen LogP contribution in [0.1, 0.15) is 17.5 Å². The number of carbonyl (C=O) groups is 1. The summed E-state index contributed by atoms with van der Waals surface area (Å²) in [5.41, 5.74) is 2.14. The standard InChI is InChI=1S/C18H21NO3/c1-14-7-9-16(10-8-14)22-12-11-18(20)19-13-15-5-3-4-6-17(15)21-2/h3-10H,11-13H2,1-2H3,(H,19,20). The molecular weight excluding hydrogens is 278 g/mol. The molecule has 0 saturated heterocycles. The van der Waals surface area contributed by atoms with Gasteiger partial charge in [0, 0.05) is 12.1 Å². The molecule has 0 atom stereocenters. The van der Waals surface area contributed by atoms with Crippen LogP contribution in [0, 0.1) is 6.92 Å². The summed E-state index contributed by atoms with van der Waals surface area (Å²) in [5, 5.41) is 2.87. The van der Waals surface area contributed by atoms with Gasteiger partial charge in [0.05, 0.1) is 20.1 Å². The van der Waals surface area contributed by atoms with Crippen molar-refractivity contribution >= 4 is 5.91 Å². The number of nitrogens with one attached hydrogen (secondary N) is 1. The molecule has 116 valence electrons. The maximum atomic E-state index is 11.8. The average molecular weight is 299 g/mol. The van der Waals surface area contributed by atoms with Crippen LogP contribution >= 0.6 is 0 Å². The van der Waals surface area contributed by atoms with Gasteiger partial charge in [0.25, 0.3) is 0 Å². The topological polar surface area (TPSA) is 47.6 Å². The Kier molecular flexibility index (Phi) is 5.83. The molecule has 1 amide bonds. The molecule has 2 aromatic carbocycles. The van der Waals surface area contributed by atoms with Crippen molar-refractivity contribution in [2.24, 2.45) is 0 Å². The highest BCUT2D eigenvalue weighted by Gasteiger charge is 2.05. The van der Waals surface area contributed by atoms with Gasteiger partial charge in [-0.1, -0.05) is 35.9 Å². The summed E-state index contributed by atoms with van der Waals surface area (Å²) in [7, 11) is 1.62. The van der Waals surface area contributed by atoms with Gasteiger partial charge in [-0.15, -0.1) is 0 Å². The average Bonchev–Trinajstić information content (AvgIpc) is 2.55. The Morgan fingerprint density at radius 1 is 1.09 bits per heavy atom. The van der Waals surface area contributed by atoms with Crippen LogP contribution in [0.25, 0.3) is 0 Å². The van der Waals surface area contributed by atoms with Crippen LogP contribution in [0.5, 0.6) is 11.5 Å². The molecule has 0 heterocycles. The monoisotopic (exact) mass is 299 g/mol. The molecule has 0 unspecified atom stereocenters. The molecule has 22 heavy (non-hydrogen) atoms. The van der Waals surface area contributed by atoms with E-state index in [0.29, 0.717) is 19.6 Å². The third kappa shape index (κ3) is 4.81. The second-order valence-corrected chi connectivity index (χ2v) is 5.00. The van der Waals surface area contributed by atoms with E-state index in [9.17, 15) is 4.79 Å². The fourth-order valence-electron chi connectivity index (χ4n) is 2.03. The SMILES string of the molecule is COc1ccccc1CNC(=O)CCOc1ccc(C)cc1. The smallest absolute Gasteiger partial charge is 0.223 e. The van der Waals surface area contributed by atoms with E-state index in [0.717, 1.165) is 17.1 Å². The molecule has 4 heteroatoms. The van der Waals surface area contributed by atoms with Crippen molar-refractivity contribution < 1.29 is 14.3 Å². The first-order chi connectivity index (χ1) is 10.7. The zero-order valence-corrected chi connectivity index (χ0v) is 13.0. The number of aryl methyl sites for hydroxylation is 1. The van der Waals surface area contributed by atoms with Crippen molar-refractivity contribution in [2.45, 2.75) is 19.9 Å². The Balaban J connectivity index is 1.73. The lowest BCUT2D eigenvalue weighted by molar-refractivity contribution is -0.121. The van der Waals surface area contributed by atoms with Gasteiger partial charge in [0.15, 0.2) is 0 Å². The number of methoxy groups -OCH3 is 1. The highest BCUT2D eigenvalue weighted by molar-refractivity contribution is 5.76. The third-order valence-electron chi connectivity index (χ3n) is 3.29. The molecule has 0 fully saturated rings. The maximum absolute atomic E-state index is 11.8. The number of hydrogen-bond acceptors (Lipinski definition) is 3. The summed E-state index contributed by atoms with van der Waals surface area (Å²) in [6, 6.07) is 15.4. The van der Waals surface area contributed by atoms with E-state index in [1.807, 2.05) is 55.5 Å². The van der Waals surface area contributed by atoms with Crippen LogP contribution in [-0.4, -0.2) is 19.6 Å². The van der Waals surface area contributed by atoms with Crippen LogP contribution in [0.2, 0.25) is 0 Å². The first-order valence-corrected chi connectivity index (χ1v) is 7.27. The predicted molar refractivity (Wildman–Crippen MR) is 86.1 cm³/mol. The molecule has 2 aromatic rings. The van der Waals surface area contributed by atoms with E-state index in [2.05, 4.69) is 5.32 Å². The van der Waals surface area contributed by atoms with Crippen LogP contribution in [0.4, 0.5) is 0 Å². The highest BCUT2D eigenvalue weighted by atomic mass is 16.5. The van der Waals surface area contributed by atoms with Gasteiger partial charge < -0.3 is 14.8 Å². The summed E-state index contributed by atoms with van der Waals surface area (Å²) in [4.78, 5) is 11.8. The molecule has 0 saturated carbocycles. The Morgan fingerprint density at radius 3 is 2.55 bits per heavy atom. The van der Waals surface area contributed by atoms with Crippen LogP contribution in [0.15, 0.2) is 48.5 Å². The van der Waals surface area contributed by atoms with Gasteiger partial charge >= 0.3 is 0 Å². The summed E-state index contributed by atoms with van der Waals surface area (Å²) in [5.74, 6) is 1.51. The van der Waals surface area contributed by atoms with E-state index in [1.165, 1.54) is 5.56 Å². The fourth-order valence-corrected chi connectivity index (χ4v) is 2.03. The first-order valence-electron chi connectivity index (χ1n) is 7.27. The first kappa shape index (κ1) is 15.9. The van der Waals surface area contributed by atoms with Gasteiger partial charge in [0.2, 0.25) is 5.91 Å². The van der Waals surface area contributed by atoms with E-state index in [4.69, 9.17) is 9.47 Å². The normalized spacial score (nSPS) is 10.1. The Hall–Kier alpha value is -2.49. The number of carbonyl (C=O) groups excluding carboxylic acids is 1. The van der Waals surface area contributed by atoms with Gasteiger partial charge in [-0.2, -0.15) is 0 Å². The summed E-state index contributed by atoms with van der Waals surface area (Å²) < 4.78 is 10.8. The Bertz CT molecular complexity index is 608. The number of para-hydroxylation sites is 1. The van der Waals surface area contributed by atoms with Crippen LogP contribution < -0.4 is 14.8 Å². The molecule has 0 radical (unpaired) electrons. The highest BCUT2D eigenvalue weighted by Crippen LogP contribution is 2.16. The van der Waals surface area contributed by atoms with Crippen molar-refractivity contribution in [3.05, 3.63) is 59.7 Å². The van der Waals surface area contributed by atoms with E-state index < -0.39 is 0 Å². The summed E-state index contributed by atoms with van der Waals surface area (Å²) >= 11 is 0. The van der Waals surface area contributed by atoms with Gasteiger partial charge in [-0.3, -0.25) is 4.79 Å². The number of amides is 1. The molecule has 0 spiro atoms. The van der Waals surface area contributed by atoms with E-state index in [1.54, 1.807) is 7.11 Å². The minimum absolute atomic E-state index is 0.0435. The molecule has 2 rings (SSSR count). The van der Waals surface area contributed by atoms with Crippen molar-refractivity contribution in [1.82, 2.24) is 5.32 Å². The fraction of sp³-hybridized carbons (Fsp3) is 0.278. The van der Waals surface area contributed by atoms with Crippen LogP contribution in [0.3, 0.4) is 0 Å². The summed E-state index contributed by atoms with van der Waals surface area (Å²) in [6.45, 7) is 2.84. The van der Waals surface area contributed by atoms with Gasteiger partial charge in [0.1, 0.15) is 11.5 Å². The lowest BCUT2D eigenvalue weighted by Gasteiger charge is -2.10. The van der Waals surface area contributed by atoms with Crippen molar-refractivity contribution in [2.75, 3.05) is 13.7 Å². The Morgan fingerprint density at radius 2 is 1.82 bits per heavy atom. The van der Waals surface area contributed by atoms with E-state index >= 15 is 0 Å². The quantitative estimate of drug-likeness (QED) is 0.854. The van der Waals surface area contributed by atoms with Crippen molar-refractivity contribution in [3.8, 4) is 11.5 Å². The largest absolute Gasteiger partial charge is 0.496 e. The molecule has 0 aliphatic heterocycles. The molecule has 0 aromatic heterocycles.